The molecule has 2 aliphatic heterocycles. The molecule has 2 aromatic rings. The Labute approximate surface area is 184 Å². The van der Waals surface area contributed by atoms with E-state index in [1.165, 1.54) is 5.56 Å². The van der Waals surface area contributed by atoms with Crippen molar-refractivity contribution in [3.8, 4) is 0 Å². The van der Waals surface area contributed by atoms with Crippen LogP contribution in [0.15, 0.2) is 60.7 Å². The van der Waals surface area contributed by atoms with Gasteiger partial charge in [-0.1, -0.05) is 60.7 Å². The molecule has 2 atom stereocenters. The Balaban J connectivity index is 1.53. The quantitative estimate of drug-likeness (QED) is 0.747. The highest BCUT2D eigenvalue weighted by atomic mass is 16.5. The second kappa shape index (κ2) is 10.6. The van der Waals surface area contributed by atoms with Crippen molar-refractivity contribution in [2.45, 2.75) is 31.3 Å². The number of benzene rings is 2. The maximum absolute atomic E-state index is 13.5. The molecule has 164 valence electrons. The van der Waals surface area contributed by atoms with Gasteiger partial charge in [0.15, 0.2) is 0 Å². The summed E-state index contributed by atoms with van der Waals surface area (Å²) >= 11 is 0. The topological polar surface area (TPSA) is 61.9 Å². The fraction of sp³-hybridized carbons (Fsp3) is 0.440. The fourth-order valence-corrected chi connectivity index (χ4v) is 4.52. The van der Waals surface area contributed by atoms with Crippen LogP contribution >= 0.6 is 0 Å². The molecule has 2 aromatic carbocycles. The Morgan fingerprint density at radius 3 is 2.19 bits per heavy atom. The zero-order chi connectivity index (χ0) is 21.5. The van der Waals surface area contributed by atoms with Gasteiger partial charge in [-0.2, -0.15) is 0 Å². The van der Waals surface area contributed by atoms with Crippen LogP contribution in [0.3, 0.4) is 0 Å². The third-order valence-corrected chi connectivity index (χ3v) is 6.18. The number of hydrogen-bond acceptors (Lipinski definition) is 4. The summed E-state index contributed by atoms with van der Waals surface area (Å²) < 4.78 is 5.53. The molecule has 6 heteroatoms. The number of hydrogen-bond donors (Lipinski definition) is 1. The fourth-order valence-electron chi connectivity index (χ4n) is 4.52. The number of nitrogens with zero attached hydrogens (tertiary/aromatic N) is 2. The van der Waals surface area contributed by atoms with Gasteiger partial charge in [0.05, 0.1) is 19.3 Å². The lowest BCUT2D eigenvalue weighted by Gasteiger charge is -2.37. The van der Waals surface area contributed by atoms with Crippen molar-refractivity contribution in [3.63, 3.8) is 0 Å². The molecule has 2 aliphatic rings. The lowest BCUT2D eigenvalue weighted by molar-refractivity contribution is -0.142. The summed E-state index contributed by atoms with van der Waals surface area (Å²) in [4.78, 5) is 30.2. The van der Waals surface area contributed by atoms with Gasteiger partial charge in [0.1, 0.15) is 6.04 Å². The predicted molar refractivity (Wildman–Crippen MR) is 119 cm³/mol. The van der Waals surface area contributed by atoms with Gasteiger partial charge >= 0.3 is 0 Å². The monoisotopic (exact) mass is 421 g/mol. The first-order valence-corrected chi connectivity index (χ1v) is 11.2. The summed E-state index contributed by atoms with van der Waals surface area (Å²) in [6.45, 7) is 4.19. The standard InChI is InChI=1S/C25H31N3O3/c29-23-13-7-8-14-28(23)24(21-11-5-2-6-12-21)25(30)26-19-22(20-9-3-1-4-10-20)27-15-17-31-18-16-27/h1-6,9-12,22,24H,7-8,13-19H2,(H,26,30). The van der Waals surface area contributed by atoms with Gasteiger partial charge in [-0.3, -0.25) is 14.5 Å². The first-order valence-electron chi connectivity index (χ1n) is 11.2. The Kier molecular flexibility index (Phi) is 7.33. The van der Waals surface area contributed by atoms with E-state index in [0.29, 0.717) is 32.7 Å². The van der Waals surface area contributed by atoms with Crippen LogP contribution in [0.1, 0.15) is 42.5 Å². The molecule has 4 rings (SSSR count). The van der Waals surface area contributed by atoms with Crippen LogP contribution in [0.25, 0.3) is 0 Å². The third kappa shape index (κ3) is 5.32. The molecule has 2 unspecified atom stereocenters. The largest absolute Gasteiger partial charge is 0.379 e. The first-order chi connectivity index (χ1) is 15.2. The van der Waals surface area contributed by atoms with Crippen LogP contribution < -0.4 is 5.32 Å². The summed E-state index contributed by atoms with van der Waals surface area (Å²) in [5.74, 6) is -0.0568. The van der Waals surface area contributed by atoms with Crippen molar-refractivity contribution in [1.29, 1.82) is 0 Å². The Hall–Kier alpha value is -2.70. The van der Waals surface area contributed by atoms with Gasteiger partial charge in [0.2, 0.25) is 11.8 Å². The number of piperidine rings is 1. The average molecular weight is 422 g/mol. The van der Waals surface area contributed by atoms with Gasteiger partial charge in [-0.15, -0.1) is 0 Å². The van der Waals surface area contributed by atoms with E-state index < -0.39 is 6.04 Å². The number of rotatable bonds is 7. The molecule has 0 aromatic heterocycles. The van der Waals surface area contributed by atoms with Crippen LogP contribution in [-0.2, 0) is 14.3 Å². The number of carbonyl (C=O) groups is 2. The van der Waals surface area contributed by atoms with Gasteiger partial charge in [-0.05, 0) is 24.0 Å². The predicted octanol–water partition coefficient (Wildman–Crippen LogP) is 2.93. The van der Waals surface area contributed by atoms with Crippen molar-refractivity contribution < 1.29 is 14.3 Å². The van der Waals surface area contributed by atoms with Crippen LogP contribution in [0, 0.1) is 0 Å². The summed E-state index contributed by atoms with van der Waals surface area (Å²) in [5.41, 5.74) is 2.04. The normalized spacial score (nSPS) is 19.6. The molecule has 2 saturated heterocycles. The number of ether oxygens (including phenoxy) is 1. The second-order valence-electron chi connectivity index (χ2n) is 8.18. The van der Waals surface area contributed by atoms with Crippen molar-refractivity contribution in [1.82, 2.24) is 15.1 Å². The number of amides is 2. The minimum Gasteiger partial charge on any atom is -0.379 e. The average Bonchev–Trinajstić information content (AvgIpc) is 2.83. The van der Waals surface area contributed by atoms with Crippen molar-refractivity contribution in [3.05, 3.63) is 71.8 Å². The Morgan fingerprint density at radius 2 is 1.55 bits per heavy atom. The van der Waals surface area contributed by atoms with Crippen molar-refractivity contribution in [2.24, 2.45) is 0 Å². The number of morpholine rings is 1. The molecule has 31 heavy (non-hydrogen) atoms. The molecule has 0 radical (unpaired) electrons. The Bertz CT molecular complexity index is 853. The number of likely N-dealkylation sites (tertiary alicyclic amines) is 1. The molecule has 2 fully saturated rings. The minimum absolute atomic E-state index is 0.0584. The highest BCUT2D eigenvalue weighted by Crippen LogP contribution is 2.27. The minimum atomic E-state index is -0.588. The summed E-state index contributed by atoms with van der Waals surface area (Å²) in [7, 11) is 0. The van der Waals surface area contributed by atoms with Gasteiger partial charge in [0, 0.05) is 32.6 Å². The zero-order valence-corrected chi connectivity index (χ0v) is 17.9. The maximum atomic E-state index is 13.5. The molecule has 6 nitrogen and oxygen atoms in total. The molecule has 0 bridgehead atoms. The lowest BCUT2D eigenvalue weighted by atomic mass is 9.99. The summed E-state index contributed by atoms with van der Waals surface area (Å²) in [5, 5.41) is 3.18. The molecule has 0 spiro atoms. The van der Waals surface area contributed by atoms with E-state index in [2.05, 4.69) is 22.3 Å². The molecule has 2 amide bonds. The number of carbonyl (C=O) groups excluding carboxylic acids is 2. The van der Waals surface area contributed by atoms with E-state index in [1.807, 2.05) is 48.5 Å². The van der Waals surface area contributed by atoms with Crippen LogP contribution in [-0.4, -0.2) is 61.0 Å². The molecule has 0 aliphatic carbocycles. The third-order valence-electron chi connectivity index (χ3n) is 6.18. The van der Waals surface area contributed by atoms with Gasteiger partial charge < -0.3 is 15.0 Å². The second-order valence-corrected chi connectivity index (χ2v) is 8.18. The van der Waals surface area contributed by atoms with Crippen molar-refractivity contribution in [2.75, 3.05) is 39.4 Å². The summed E-state index contributed by atoms with van der Waals surface area (Å²) in [6.07, 6.45) is 2.34. The van der Waals surface area contributed by atoms with E-state index in [9.17, 15) is 9.59 Å². The van der Waals surface area contributed by atoms with E-state index in [0.717, 1.165) is 31.5 Å². The SMILES string of the molecule is O=C(NCC(c1ccccc1)N1CCOCC1)C(c1ccccc1)N1CCCCC1=O. The molecule has 1 N–H and O–H groups in total. The Morgan fingerprint density at radius 1 is 0.903 bits per heavy atom. The van der Waals surface area contributed by atoms with E-state index >= 15 is 0 Å². The smallest absolute Gasteiger partial charge is 0.247 e. The van der Waals surface area contributed by atoms with Gasteiger partial charge in [-0.25, -0.2) is 0 Å². The van der Waals surface area contributed by atoms with E-state index in [1.54, 1.807) is 4.90 Å². The number of nitrogens with one attached hydrogen (secondary N) is 1. The van der Waals surface area contributed by atoms with Crippen LogP contribution in [0.4, 0.5) is 0 Å². The zero-order valence-electron chi connectivity index (χ0n) is 17.9. The van der Waals surface area contributed by atoms with Crippen molar-refractivity contribution >= 4 is 11.8 Å². The highest BCUT2D eigenvalue weighted by molar-refractivity contribution is 5.89. The van der Waals surface area contributed by atoms with E-state index in [-0.39, 0.29) is 17.9 Å². The van der Waals surface area contributed by atoms with Crippen LogP contribution in [0.2, 0.25) is 0 Å². The van der Waals surface area contributed by atoms with Gasteiger partial charge in [0.25, 0.3) is 0 Å². The first kappa shape index (κ1) is 21.5. The lowest BCUT2D eigenvalue weighted by Crippen LogP contribution is -2.48. The highest BCUT2D eigenvalue weighted by Gasteiger charge is 2.33. The molecular weight excluding hydrogens is 390 g/mol. The molecular formula is C25H31N3O3. The van der Waals surface area contributed by atoms with E-state index in [4.69, 9.17) is 4.74 Å². The maximum Gasteiger partial charge on any atom is 0.247 e. The summed E-state index contributed by atoms with van der Waals surface area (Å²) in [6, 6.07) is 19.4. The molecule has 0 saturated carbocycles. The molecule has 2 heterocycles. The van der Waals surface area contributed by atoms with Crippen LogP contribution in [0.5, 0.6) is 0 Å².